The highest BCUT2D eigenvalue weighted by molar-refractivity contribution is 5.98. The lowest BCUT2D eigenvalue weighted by molar-refractivity contribution is -0.142. The SMILES string of the molecule is CC(=O)OCCOCCOC(=O)c1ccccc1C=O. The molecule has 0 bridgehead atoms. The van der Waals surface area contributed by atoms with Gasteiger partial charge in [0.2, 0.25) is 0 Å². The van der Waals surface area contributed by atoms with Crippen LogP contribution in [-0.4, -0.2) is 44.7 Å². The summed E-state index contributed by atoms with van der Waals surface area (Å²) in [6, 6.07) is 6.38. The third kappa shape index (κ3) is 5.62. The van der Waals surface area contributed by atoms with E-state index in [1.807, 2.05) is 0 Å². The van der Waals surface area contributed by atoms with E-state index in [9.17, 15) is 14.4 Å². The Kier molecular flexibility index (Phi) is 6.99. The van der Waals surface area contributed by atoms with Crippen LogP contribution in [0.3, 0.4) is 0 Å². The van der Waals surface area contributed by atoms with Crippen molar-refractivity contribution in [3.05, 3.63) is 35.4 Å². The standard InChI is InChI=1S/C14H16O6/c1-11(16)19-8-6-18-7-9-20-14(17)13-5-3-2-4-12(13)10-15/h2-5,10H,6-9H2,1H3. The van der Waals surface area contributed by atoms with E-state index in [2.05, 4.69) is 4.74 Å². The van der Waals surface area contributed by atoms with Crippen molar-refractivity contribution in [2.75, 3.05) is 26.4 Å². The van der Waals surface area contributed by atoms with Crippen molar-refractivity contribution in [1.29, 1.82) is 0 Å². The second-order valence-electron chi connectivity index (χ2n) is 3.79. The fraction of sp³-hybridized carbons (Fsp3) is 0.357. The van der Waals surface area contributed by atoms with Crippen molar-refractivity contribution in [2.24, 2.45) is 0 Å². The maximum Gasteiger partial charge on any atom is 0.338 e. The predicted octanol–water partition coefficient (Wildman–Crippen LogP) is 1.24. The summed E-state index contributed by atoms with van der Waals surface area (Å²) in [7, 11) is 0. The van der Waals surface area contributed by atoms with Gasteiger partial charge in [-0.15, -0.1) is 0 Å². The Morgan fingerprint density at radius 3 is 2.35 bits per heavy atom. The Balaban J connectivity index is 2.23. The quantitative estimate of drug-likeness (QED) is 0.405. The van der Waals surface area contributed by atoms with Crippen LogP contribution in [-0.2, 0) is 19.0 Å². The van der Waals surface area contributed by atoms with Gasteiger partial charge in [0.15, 0.2) is 6.29 Å². The molecule has 0 unspecified atom stereocenters. The molecule has 0 amide bonds. The first-order chi connectivity index (χ1) is 9.65. The Morgan fingerprint density at radius 1 is 1.05 bits per heavy atom. The minimum absolute atomic E-state index is 0.0616. The first-order valence-corrected chi connectivity index (χ1v) is 6.07. The molecule has 6 nitrogen and oxygen atoms in total. The van der Waals surface area contributed by atoms with Crippen LogP contribution < -0.4 is 0 Å². The maximum absolute atomic E-state index is 11.7. The highest BCUT2D eigenvalue weighted by atomic mass is 16.6. The van der Waals surface area contributed by atoms with E-state index in [0.29, 0.717) is 6.29 Å². The molecule has 0 heterocycles. The number of carbonyl (C=O) groups is 3. The monoisotopic (exact) mass is 280 g/mol. The van der Waals surface area contributed by atoms with E-state index in [4.69, 9.17) is 9.47 Å². The fourth-order valence-corrected chi connectivity index (χ4v) is 1.40. The van der Waals surface area contributed by atoms with Crippen LogP contribution in [0, 0.1) is 0 Å². The number of hydrogen-bond acceptors (Lipinski definition) is 6. The molecule has 0 atom stereocenters. The number of ether oxygens (including phenoxy) is 3. The van der Waals surface area contributed by atoms with Gasteiger partial charge in [-0.25, -0.2) is 4.79 Å². The Hall–Kier alpha value is -2.21. The molecule has 0 aromatic heterocycles. The molecule has 0 aliphatic carbocycles. The molecule has 0 saturated heterocycles. The first kappa shape index (κ1) is 15.8. The van der Waals surface area contributed by atoms with Crippen molar-refractivity contribution >= 4 is 18.2 Å². The van der Waals surface area contributed by atoms with E-state index in [1.165, 1.54) is 13.0 Å². The van der Waals surface area contributed by atoms with Gasteiger partial charge in [-0.05, 0) is 6.07 Å². The zero-order valence-electron chi connectivity index (χ0n) is 11.2. The van der Waals surface area contributed by atoms with Crippen molar-refractivity contribution in [2.45, 2.75) is 6.92 Å². The Morgan fingerprint density at radius 2 is 1.70 bits per heavy atom. The van der Waals surface area contributed by atoms with Gasteiger partial charge in [0.25, 0.3) is 0 Å². The van der Waals surface area contributed by atoms with Crippen LogP contribution in [0.15, 0.2) is 24.3 Å². The fourth-order valence-electron chi connectivity index (χ4n) is 1.40. The number of carbonyl (C=O) groups excluding carboxylic acids is 3. The molecule has 6 heteroatoms. The van der Waals surface area contributed by atoms with E-state index >= 15 is 0 Å². The van der Waals surface area contributed by atoms with Crippen LogP contribution in [0.25, 0.3) is 0 Å². The number of hydrogen-bond donors (Lipinski definition) is 0. The summed E-state index contributed by atoms with van der Waals surface area (Å²) in [6.07, 6.45) is 0.603. The summed E-state index contributed by atoms with van der Waals surface area (Å²) < 4.78 is 14.7. The van der Waals surface area contributed by atoms with Gasteiger partial charge in [-0.1, -0.05) is 18.2 Å². The molecule has 0 radical (unpaired) electrons. The first-order valence-electron chi connectivity index (χ1n) is 6.07. The number of aldehydes is 1. The third-order valence-corrected chi connectivity index (χ3v) is 2.30. The van der Waals surface area contributed by atoms with E-state index < -0.39 is 5.97 Å². The molecular formula is C14H16O6. The van der Waals surface area contributed by atoms with Gasteiger partial charge in [0.05, 0.1) is 18.8 Å². The van der Waals surface area contributed by atoms with Crippen LogP contribution >= 0.6 is 0 Å². The van der Waals surface area contributed by atoms with Crippen LogP contribution in [0.1, 0.15) is 27.6 Å². The molecule has 0 spiro atoms. The van der Waals surface area contributed by atoms with Crippen molar-refractivity contribution < 1.29 is 28.6 Å². The lowest BCUT2D eigenvalue weighted by Gasteiger charge is -2.07. The molecule has 0 saturated carbocycles. The summed E-state index contributed by atoms with van der Waals surface area (Å²) in [4.78, 5) is 32.9. The second-order valence-corrected chi connectivity index (χ2v) is 3.79. The zero-order chi connectivity index (χ0) is 14.8. The van der Waals surface area contributed by atoms with Crippen molar-refractivity contribution in [3.8, 4) is 0 Å². The highest BCUT2D eigenvalue weighted by Gasteiger charge is 2.11. The van der Waals surface area contributed by atoms with Gasteiger partial charge in [0, 0.05) is 12.5 Å². The Bertz CT molecular complexity index is 468. The van der Waals surface area contributed by atoms with Gasteiger partial charge in [-0.2, -0.15) is 0 Å². The van der Waals surface area contributed by atoms with Crippen LogP contribution in [0.4, 0.5) is 0 Å². The maximum atomic E-state index is 11.7. The summed E-state index contributed by atoms with van der Waals surface area (Å²) >= 11 is 0. The molecule has 108 valence electrons. The van der Waals surface area contributed by atoms with Crippen LogP contribution in [0.5, 0.6) is 0 Å². The van der Waals surface area contributed by atoms with Gasteiger partial charge in [0.1, 0.15) is 13.2 Å². The number of rotatable bonds is 8. The third-order valence-electron chi connectivity index (χ3n) is 2.30. The lowest BCUT2D eigenvalue weighted by Crippen LogP contribution is -2.14. The van der Waals surface area contributed by atoms with E-state index in [0.717, 1.165) is 0 Å². The Labute approximate surface area is 116 Å². The molecule has 1 rings (SSSR count). The molecule has 0 fully saturated rings. The molecule has 1 aromatic rings. The largest absolute Gasteiger partial charge is 0.463 e. The average molecular weight is 280 g/mol. The topological polar surface area (TPSA) is 78.9 Å². The summed E-state index contributed by atoms with van der Waals surface area (Å²) in [5, 5.41) is 0. The smallest absolute Gasteiger partial charge is 0.338 e. The summed E-state index contributed by atoms with van der Waals surface area (Å²) in [5.74, 6) is -0.943. The predicted molar refractivity (Wildman–Crippen MR) is 69.6 cm³/mol. The normalized spacial score (nSPS) is 9.85. The number of benzene rings is 1. The second kappa shape index (κ2) is 8.82. The molecule has 20 heavy (non-hydrogen) atoms. The molecule has 0 aliphatic rings. The highest BCUT2D eigenvalue weighted by Crippen LogP contribution is 2.07. The van der Waals surface area contributed by atoms with E-state index in [1.54, 1.807) is 18.2 Å². The lowest BCUT2D eigenvalue weighted by atomic mass is 10.1. The summed E-state index contributed by atoms with van der Waals surface area (Å²) in [6.45, 7) is 1.97. The van der Waals surface area contributed by atoms with Crippen molar-refractivity contribution in [3.63, 3.8) is 0 Å². The number of esters is 2. The molecule has 0 aliphatic heterocycles. The molecule has 1 aromatic carbocycles. The average Bonchev–Trinajstić information content (AvgIpc) is 2.45. The summed E-state index contributed by atoms with van der Waals surface area (Å²) in [5.41, 5.74) is 0.510. The van der Waals surface area contributed by atoms with Gasteiger partial charge >= 0.3 is 11.9 Å². The van der Waals surface area contributed by atoms with Crippen LogP contribution in [0.2, 0.25) is 0 Å². The molecular weight excluding hydrogens is 264 g/mol. The van der Waals surface area contributed by atoms with Crippen molar-refractivity contribution in [1.82, 2.24) is 0 Å². The van der Waals surface area contributed by atoms with E-state index in [-0.39, 0.29) is 43.5 Å². The minimum Gasteiger partial charge on any atom is -0.463 e. The molecule has 0 N–H and O–H groups in total. The van der Waals surface area contributed by atoms with Gasteiger partial charge in [-0.3, -0.25) is 9.59 Å². The zero-order valence-corrected chi connectivity index (χ0v) is 11.2. The van der Waals surface area contributed by atoms with Gasteiger partial charge < -0.3 is 14.2 Å². The minimum atomic E-state index is -0.573.